The first kappa shape index (κ1) is 15.4. The van der Waals surface area contributed by atoms with Gasteiger partial charge in [-0.1, -0.05) is 18.2 Å². The maximum Gasteiger partial charge on any atom is 0.330 e. The number of carbonyl (C=O) groups is 1. The molecular weight excluding hydrogens is 245 g/mol. The van der Waals surface area contributed by atoms with Crippen molar-refractivity contribution in [2.24, 2.45) is 0 Å². The average molecular weight is 265 g/mol. The third kappa shape index (κ3) is 5.22. The number of carbonyl (C=O) groups excluding carboxylic acids is 1. The van der Waals surface area contributed by atoms with Gasteiger partial charge in [-0.2, -0.15) is 0 Å². The zero-order valence-corrected chi connectivity index (χ0v) is 11.6. The molecule has 0 heterocycles. The fraction of sp³-hybridized carbons (Fsp3) is 0.400. The highest BCUT2D eigenvalue weighted by atomic mass is 19.1. The van der Waals surface area contributed by atoms with Crippen LogP contribution in [0.2, 0.25) is 0 Å². The van der Waals surface area contributed by atoms with Crippen molar-refractivity contribution in [3.63, 3.8) is 0 Å². The monoisotopic (exact) mass is 265 g/mol. The predicted octanol–water partition coefficient (Wildman–Crippen LogP) is 2.65. The lowest BCUT2D eigenvalue weighted by Gasteiger charge is -2.07. The minimum absolute atomic E-state index is 0.147. The standard InChI is InChI=1S/C15H20FNO2/c1-4-19-14(18)6-5-7-17-10-13-8-11(2)15(16)12(3)9-13/h5-6,8-9,17H,4,7,10H2,1-3H3/b6-5+. The van der Waals surface area contributed by atoms with E-state index in [1.165, 1.54) is 6.08 Å². The number of esters is 1. The van der Waals surface area contributed by atoms with Crippen LogP contribution in [0.25, 0.3) is 0 Å². The molecule has 1 rings (SSSR count). The molecule has 0 radical (unpaired) electrons. The van der Waals surface area contributed by atoms with E-state index in [0.717, 1.165) is 5.56 Å². The second-order valence-electron chi connectivity index (χ2n) is 4.33. The molecule has 1 aromatic rings. The molecule has 0 aromatic heterocycles. The number of hydrogen-bond acceptors (Lipinski definition) is 3. The maximum absolute atomic E-state index is 13.4. The Morgan fingerprint density at radius 2 is 2.00 bits per heavy atom. The largest absolute Gasteiger partial charge is 0.463 e. The van der Waals surface area contributed by atoms with Crippen LogP contribution in [0.5, 0.6) is 0 Å². The fourth-order valence-electron chi connectivity index (χ4n) is 1.78. The van der Waals surface area contributed by atoms with Gasteiger partial charge in [0, 0.05) is 19.2 Å². The van der Waals surface area contributed by atoms with Crippen molar-refractivity contribution in [3.8, 4) is 0 Å². The molecule has 0 atom stereocenters. The number of hydrogen-bond donors (Lipinski definition) is 1. The third-order valence-corrected chi connectivity index (χ3v) is 2.63. The Morgan fingerprint density at radius 1 is 1.37 bits per heavy atom. The number of benzene rings is 1. The highest BCUT2D eigenvalue weighted by molar-refractivity contribution is 5.81. The first-order valence-corrected chi connectivity index (χ1v) is 6.34. The molecule has 4 heteroatoms. The SMILES string of the molecule is CCOC(=O)/C=C/CNCc1cc(C)c(F)c(C)c1. The zero-order chi connectivity index (χ0) is 14.3. The summed E-state index contributed by atoms with van der Waals surface area (Å²) in [6.45, 7) is 6.86. The van der Waals surface area contributed by atoms with Crippen LogP contribution in [-0.4, -0.2) is 19.1 Å². The molecule has 0 bridgehead atoms. The highest BCUT2D eigenvalue weighted by Gasteiger charge is 2.03. The highest BCUT2D eigenvalue weighted by Crippen LogP contribution is 2.14. The van der Waals surface area contributed by atoms with Crippen LogP contribution in [0, 0.1) is 19.7 Å². The van der Waals surface area contributed by atoms with Gasteiger partial charge in [0.2, 0.25) is 0 Å². The van der Waals surface area contributed by atoms with E-state index in [1.807, 2.05) is 12.1 Å². The smallest absolute Gasteiger partial charge is 0.330 e. The lowest BCUT2D eigenvalue weighted by Crippen LogP contribution is -2.14. The lowest BCUT2D eigenvalue weighted by molar-refractivity contribution is -0.137. The Morgan fingerprint density at radius 3 is 2.58 bits per heavy atom. The average Bonchev–Trinajstić information content (AvgIpc) is 2.35. The van der Waals surface area contributed by atoms with E-state index >= 15 is 0 Å². The van der Waals surface area contributed by atoms with Crippen molar-refractivity contribution in [3.05, 3.63) is 46.8 Å². The molecule has 0 aliphatic heterocycles. The first-order valence-electron chi connectivity index (χ1n) is 6.34. The van der Waals surface area contributed by atoms with Crippen molar-refractivity contribution >= 4 is 5.97 Å². The summed E-state index contributed by atoms with van der Waals surface area (Å²) in [6, 6.07) is 3.65. The molecule has 3 nitrogen and oxygen atoms in total. The molecule has 104 valence electrons. The van der Waals surface area contributed by atoms with E-state index in [-0.39, 0.29) is 11.8 Å². The summed E-state index contributed by atoms with van der Waals surface area (Å²) in [4.78, 5) is 11.0. The number of ether oxygens (including phenoxy) is 1. The topological polar surface area (TPSA) is 38.3 Å². The van der Waals surface area contributed by atoms with Crippen molar-refractivity contribution in [1.29, 1.82) is 0 Å². The van der Waals surface area contributed by atoms with Crippen molar-refractivity contribution in [2.45, 2.75) is 27.3 Å². The Bertz CT molecular complexity index is 446. The first-order chi connectivity index (χ1) is 9.04. The summed E-state index contributed by atoms with van der Waals surface area (Å²) >= 11 is 0. The molecule has 0 aliphatic rings. The van der Waals surface area contributed by atoms with Crippen molar-refractivity contribution in [2.75, 3.05) is 13.2 Å². The van der Waals surface area contributed by atoms with Gasteiger partial charge in [-0.15, -0.1) is 0 Å². The second-order valence-corrected chi connectivity index (χ2v) is 4.33. The van der Waals surface area contributed by atoms with Crippen molar-refractivity contribution < 1.29 is 13.9 Å². The van der Waals surface area contributed by atoms with E-state index < -0.39 is 0 Å². The van der Waals surface area contributed by atoms with Gasteiger partial charge in [0.1, 0.15) is 5.82 Å². The Balaban J connectivity index is 2.40. The van der Waals surface area contributed by atoms with Crippen LogP contribution in [0.4, 0.5) is 4.39 Å². The van der Waals surface area contributed by atoms with Crippen LogP contribution in [-0.2, 0) is 16.1 Å². The molecule has 19 heavy (non-hydrogen) atoms. The predicted molar refractivity (Wildman–Crippen MR) is 73.4 cm³/mol. The van der Waals surface area contributed by atoms with Gasteiger partial charge < -0.3 is 10.1 Å². The normalized spacial score (nSPS) is 10.9. The second kappa shape index (κ2) is 7.69. The van der Waals surface area contributed by atoms with E-state index in [0.29, 0.717) is 30.8 Å². The number of aryl methyl sites for hydroxylation is 2. The zero-order valence-electron chi connectivity index (χ0n) is 11.6. The summed E-state index contributed by atoms with van der Waals surface area (Å²) in [5.74, 6) is -0.483. The van der Waals surface area contributed by atoms with Gasteiger partial charge in [-0.3, -0.25) is 0 Å². The Hall–Kier alpha value is -1.68. The molecule has 0 saturated carbocycles. The summed E-state index contributed by atoms with van der Waals surface area (Å²) in [7, 11) is 0. The lowest BCUT2D eigenvalue weighted by atomic mass is 10.1. The molecule has 0 saturated heterocycles. The Labute approximate surface area is 113 Å². The summed E-state index contributed by atoms with van der Waals surface area (Å²) in [6.07, 6.45) is 3.11. The molecular formula is C15H20FNO2. The van der Waals surface area contributed by atoms with Gasteiger partial charge in [0.25, 0.3) is 0 Å². The van der Waals surface area contributed by atoms with Crippen LogP contribution in [0.15, 0.2) is 24.3 Å². The Kier molecular flexibility index (Phi) is 6.22. The van der Waals surface area contributed by atoms with Gasteiger partial charge in [0.15, 0.2) is 0 Å². The summed E-state index contributed by atoms with van der Waals surface area (Å²) in [5.41, 5.74) is 2.33. The van der Waals surface area contributed by atoms with Crippen LogP contribution in [0.1, 0.15) is 23.6 Å². The van der Waals surface area contributed by atoms with E-state index in [4.69, 9.17) is 4.74 Å². The van der Waals surface area contributed by atoms with Gasteiger partial charge >= 0.3 is 5.97 Å². The van der Waals surface area contributed by atoms with Crippen LogP contribution < -0.4 is 5.32 Å². The molecule has 0 unspecified atom stereocenters. The molecule has 0 amide bonds. The third-order valence-electron chi connectivity index (χ3n) is 2.63. The van der Waals surface area contributed by atoms with Crippen LogP contribution in [0.3, 0.4) is 0 Å². The van der Waals surface area contributed by atoms with Gasteiger partial charge in [-0.05, 0) is 37.5 Å². The van der Waals surface area contributed by atoms with E-state index in [2.05, 4.69) is 5.32 Å². The number of rotatable bonds is 6. The number of nitrogens with one attached hydrogen (secondary N) is 1. The minimum Gasteiger partial charge on any atom is -0.463 e. The molecule has 0 aliphatic carbocycles. The van der Waals surface area contributed by atoms with Crippen molar-refractivity contribution in [1.82, 2.24) is 5.32 Å². The van der Waals surface area contributed by atoms with Crippen LogP contribution >= 0.6 is 0 Å². The van der Waals surface area contributed by atoms with Gasteiger partial charge in [0.05, 0.1) is 6.61 Å². The fourth-order valence-corrected chi connectivity index (χ4v) is 1.78. The van der Waals surface area contributed by atoms with E-state index in [1.54, 1.807) is 26.8 Å². The quantitative estimate of drug-likeness (QED) is 0.488. The number of halogens is 1. The maximum atomic E-state index is 13.4. The van der Waals surface area contributed by atoms with E-state index in [9.17, 15) is 9.18 Å². The summed E-state index contributed by atoms with van der Waals surface area (Å²) in [5, 5.41) is 3.16. The molecule has 0 spiro atoms. The summed E-state index contributed by atoms with van der Waals surface area (Å²) < 4.78 is 18.2. The molecule has 1 aromatic carbocycles. The molecule has 0 fully saturated rings. The minimum atomic E-state index is -0.335. The molecule has 1 N–H and O–H groups in total. The van der Waals surface area contributed by atoms with Gasteiger partial charge in [-0.25, -0.2) is 9.18 Å².